The van der Waals surface area contributed by atoms with E-state index in [1.165, 1.54) is 38.5 Å². The molecule has 0 radical (unpaired) electrons. The van der Waals surface area contributed by atoms with E-state index < -0.39 is 0 Å². The van der Waals surface area contributed by atoms with Gasteiger partial charge in [-0.05, 0) is 56.8 Å². The topological polar surface area (TPSA) is 29.1 Å². The van der Waals surface area contributed by atoms with Gasteiger partial charge in [-0.25, -0.2) is 0 Å². The molecule has 2 nitrogen and oxygen atoms in total. The van der Waals surface area contributed by atoms with Crippen LogP contribution in [0.5, 0.6) is 0 Å². The van der Waals surface area contributed by atoms with E-state index in [-0.39, 0.29) is 5.92 Å². The van der Waals surface area contributed by atoms with Crippen LogP contribution in [0, 0.1) is 23.7 Å². The first-order valence-electron chi connectivity index (χ1n) is 8.46. The van der Waals surface area contributed by atoms with Gasteiger partial charge in [0.25, 0.3) is 0 Å². The highest BCUT2D eigenvalue weighted by Crippen LogP contribution is 2.49. The van der Waals surface area contributed by atoms with Gasteiger partial charge in [-0.3, -0.25) is 4.79 Å². The van der Waals surface area contributed by atoms with E-state index in [0.717, 1.165) is 30.6 Å². The maximum atomic E-state index is 12.3. The van der Waals surface area contributed by atoms with Crippen LogP contribution in [0.25, 0.3) is 0 Å². The first kappa shape index (κ1) is 14.9. The Labute approximate surface area is 118 Å². The largest absolute Gasteiger partial charge is 0.353 e. The maximum Gasteiger partial charge on any atom is 0.223 e. The fraction of sp³-hybridized carbons (Fsp3) is 0.941. The van der Waals surface area contributed by atoms with Crippen molar-refractivity contribution in [2.24, 2.45) is 23.7 Å². The summed E-state index contributed by atoms with van der Waals surface area (Å²) in [5, 5.41) is 3.33. The van der Waals surface area contributed by atoms with E-state index in [9.17, 15) is 4.79 Å². The molecule has 2 aliphatic rings. The summed E-state index contributed by atoms with van der Waals surface area (Å²) in [5.74, 6) is 3.17. The molecule has 0 aromatic carbocycles. The summed E-state index contributed by atoms with van der Waals surface area (Å²) in [6.45, 7) is 6.57. The first-order valence-corrected chi connectivity index (χ1v) is 8.46. The van der Waals surface area contributed by atoms with Gasteiger partial charge in [0.1, 0.15) is 0 Å². The molecular formula is C17H31NO. The average Bonchev–Trinajstić information content (AvgIpc) is 3.01. The summed E-state index contributed by atoms with van der Waals surface area (Å²) in [6, 6.07) is 0.387. The molecule has 0 heterocycles. The van der Waals surface area contributed by atoms with Gasteiger partial charge in [-0.2, -0.15) is 0 Å². The van der Waals surface area contributed by atoms with E-state index in [1.54, 1.807) is 0 Å². The van der Waals surface area contributed by atoms with Crippen molar-refractivity contribution in [1.29, 1.82) is 0 Å². The second-order valence-electron chi connectivity index (χ2n) is 6.88. The zero-order valence-electron chi connectivity index (χ0n) is 13.0. The van der Waals surface area contributed by atoms with E-state index >= 15 is 0 Å². The highest BCUT2D eigenvalue weighted by Gasteiger charge is 2.42. The van der Waals surface area contributed by atoms with Crippen LogP contribution in [-0.2, 0) is 4.79 Å². The molecule has 2 bridgehead atoms. The van der Waals surface area contributed by atoms with Gasteiger partial charge in [0.15, 0.2) is 0 Å². The second-order valence-corrected chi connectivity index (χ2v) is 6.88. The van der Waals surface area contributed by atoms with Crippen LogP contribution in [-0.4, -0.2) is 11.9 Å². The van der Waals surface area contributed by atoms with Gasteiger partial charge in [-0.1, -0.05) is 33.1 Å². The molecule has 0 aromatic heterocycles. The van der Waals surface area contributed by atoms with Crippen LogP contribution in [0.1, 0.15) is 72.1 Å². The molecule has 5 atom stereocenters. The Morgan fingerprint density at radius 2 is 2.05 bits per heavy atom. The minimum Gasteiger partial charge on any atom is -0.353 e. The molecule has 2 fully saturated rings. The zero-order chi connectivity index (χ0) is 13.8. The Bertz CT molecular complexity index is 302. The molecule has 0 saturated heterocycles. The van der Waals surface area contributed by atoms with Crippen molar-refractivity contribution in [3.05, 3.63) is 0 Å². The number of fused-ring (bicyclic) bond motifs is 2. The van der Waals surface area contributed by atoms with Crippen molar-refractivity contribution in [3.63, 3.8) is 0 Å². The van der Waals surface area contributed by atoms with Crippen molar-refractivity contribution in [2.45, 2.75) is 78.2 Å². The lowest BCUT2D eigenvalue weighted by Gasteiger charge is -2.29. The number of carbonyl (C=O) groups excluding carboxylic acids is 1. The van der Waals surface area contributed by atoms with E-state index in [2.05, 4.69) is 26.1 Å². The van der Waals surface area contributed by atoms with Crippen LogP contribution in [0.2, 0.25) is 0 Å². The predicted octanol–water partition coefficient (Wildman–Crippen LogP) is 4.14. The second kappa shape index (κ2) is 6.76. The van der Waals surface area contributed by atoms with E-state index in [4.69, 9.17) is 0 Å². The number of amides is 1. The average molecular weight is 265 g/mol. The third-order valence-electron chi connectivity index (χ3n) is 5.57. The lowest BCUT2D eigenvalue weighted by Crippen LogP contribution is -2.42. The van der Waals surface area contributed by atoms with Crippen LogP contribution in [0.3, 0.4) is 0 Å². The van der Waals surface area contributed by atoms with Gasteiger partial charge in [0, 0.05) is 12.0 Å². The molecule has 1 N–H and O–H groups in total. The number of hydrogen-bond acceptors (Lipinski definition) is 1. The quantitative estimate of drug-likeness (QED) is 0.736. The maximum absolute atomic E-state index is 12.3. The minimum absolute atomic E-state index is 0.237. The Kier molecular flexibility index (Phi) is 5.29. The Balaban J connectivity index is 1.80. The molecule has 19 heavy (non-hydrogen) atoms. The van der Waals surface area contributed by atoms with Crippen molar-refractivity contribution >= 4 is 5.91 Å². The van der Waals surface area contributed by atoms with Crippen LogP contribution >= 0.6 is 0 Å². The lowest BCUT2D eigenvalue weighted by molar-refractivity contribution is -0.126. The number of nitrogens with one attached hydrogen (secondary N) is 1. The van der Waals surface area contributed by atoms with E-state index in [0.29, 0.717) is 11.9 Å². The molecule has 2 saturated carbocycles. The van der Waals surface area contributed by atoms with Gasteiger partial charge in [-0.15, -0.1) is 0 Å². The van der Waals surface area contributed by atoms with Gasteiger partial charge < -0.3 is 5.32 Å². The number of carbonyl (C=O) groups is 1. The Morgan fingerprint density at radius 3 is 2.58 bits per heavy atom. The van der Waals surface area contributed by atoms with Gasteiger partial charge in [0.05, 0.1) is 0 Å². The normalized spacial score (nSPS) is 32.3. The third kappa shape index (κ3) is 3.52. The predicted molar refractivity (Wildman–Crippen MR) is 79.8 cm³/mol. The summed E-state index contributed by atoms with van der Waals surface area (Å²) in [6.07, 6.45) is 10.0. The number of hydrogen-bond donors (Lipinski definition) is 1. The fourth-order valence-corrected chi connectivity index (χ4v) is 4.33. The van der Waals surface area contributed by atoms with Crippen LogP contribution < -0.4 is 5.32 Å². The molecule has 0 aromatic rings. The SMILES string of the molecule is CCCCC(CC)C(=O)NC(C)C1CC2CCC1C2. The minimum atomic E-state index is 0.237. The Morgan fingerprint density at radius 1 is 1.26 bits per heavy atom. The Hall–Kier alpha value is -0.530. The first-order chi connectivity index (χ1) is 9.15. The van der Waals surface area contributed by atoms with Crippen molar-refractivity contribution in [3.8, 4) is 0 Å². The molecule has 0 aliphatic heterocycles. The highest BCUT2D eigenvalue weighted by molar-refractivity contribution is 5.78. The van der Waals surface area contributed by atoms with Crippen LogP contribution in [0.4, 0.5) is 0 Å². The summed E-state index contributed by atoms with van der Waals surface area (Å²) in [5.41, 5.74) is 0. The lowest BCUT2D eigenvalue weighted by atomic mass is 9.83. The summed E-state index contributed by atoms with van der Waals surface area (Å²) >= 11 is 0. The molecule has 0 spiro atoms. The molecule has 1 amide bonds. The highest BCUT2D eigenvalue weighted by atomic mass is 16.1. The summed E-state index contributed by atoms with van der Waals surface area (Å²) in [7, 11) is 0. The zero-order valence-corrected chi connectivity index (χ0v) is 13.0. The molecule has 2 rings (SSSR count). The standard InChI is InChI=1S/C17H31NO/c1-4-6-7-14(5-2)17(19)18-12(3)16-11-13-8-9-15(16)10-13/h12-16H,4-11H2,1-3H3,(H,18,19). The van der Waals surface area contributed by atoms with Crippen molar-refractivity contribution < 1.29 is 4.79 Å². The molecule has 2 aliphatic carbocycles. The van der Waals surface area contributed by atoms with E-state index in [1.807, 2.05) is 0 Å². The number of unbranched alkanes of at least 4 members (excludes halogenated alkanes) is 1. The van der Waals surface area contributed by atoms with Crippen molar-refractivity contribution in [2.75, 3.05) is 0 Å². The third-order valence-corrected chi connectivity index (χ3v) is 5.57. The molecule has 5 unspecified atom stereocenters. The van der Waals surface area contributed by atoms with Crippen molar-refractivity contribution in [1.82, 2.24) is 5.32 Å². The number of rotatable bonds is 7. The van der Waals surface area contributed by atoms with Gasteiger partial charge in [0.2, 0.25) is 5.91 Å². The smallest absolute Gasteiger partial charge is 0.223 e. The van der Waals surface area contributed by atoms with Gasteiger partial charge >= 0.3 is 0 Å². The monoisotopic (exact) mass is 265 g/mol. The summed E-state index contributed by atoms with van der Waals surface area (Å²) < 4.78 is 0. The van der Waals surface area contributed by atoms with Crippen LogP contribution in [0.15, 0.2) is 0 Å². The molecule has 110 valence electrons. The molecular weight excluding hydrogens is 234 g/mol. The molecule has 2 heteroatoms. The summed E-state index contributed by atoms with van der Waals surface area (Å²) in [4.78, 5) is 12.3. The fourth-order valence-electron chi connectivity index (χ4n) is 4.33.